The van der Waals surface area contributed by atoms with Crippen LogP contribution in [0.5, 0.6) is 5.75 Å². The molecule has 0 spiro atoms. The zero-order chi connectivity index (χ0) is 23.9. The zero-order valence-electron chi connectivity index (χ0n) is 19.6. The number of carbonyl (C=O) groups is 3. The quantitative estimate of drug-likeness (QED) is 0.492. The van der Waals surface area contributed by atoms with Gasteiger partial charge in [-0.05, 0) is 37.0 Å². The van der Waals surface area contributed by atoms with Gasteiger partial charge in [0.15, 0.2) is 0 Å². The lowest BCUT2D eigenvalue weighted by Crippen LogP contribution is -2.47. The van der Waals surface area contributed by atoms with E-state index >= 15 is 0 Å². The maximum atomic E-state index is 12.9. The van der Waals surface area contributed by atoms with Crippen LogP contribution in [0.25, 0.3) is 0 Å². The summed E-state index contributed by atoms with van der Waals surface area (Å²) in [4.78, 5) is 38.3. The standard InChI is InChI=1S/C24H36N2O5/c1-8-19(24(5,6)17-9-11-18(27)12-10-17)22(29)25-14-21(28)26(7)20(15(2)3)13-16(4)23(30)31/h9-13,15,19-20,27H,8,14H2,1-7H3,(H,25,29)(H,30,31)/b16-13+/t19-,20-/m1/s1. The van der Waals surface area contributed by atoms with Crippen LogP contribution in [0, 0.1) is 11.8 Å². The molecule has 0 unspecified atom stereocenters. The van der Waals surface area contributed by atoms with Crippen molar-refractivity contribution in [2.75, 3.05) is 13.6 Å². The predicted octanol–water partition coefficient (Wildman–Crippen LogP) is 3.33. The Bertz CT molecular complexity index is 812. The lowest BCUT2D eigenvalue weighted by Gasteiger charge is -2.34. The van der Waals surface area contributed by atoms with E-state index in [0.717, 1.165) is 5.56 Å². The molecule has 31 heavy (non-hydrogen) atoms. The minimum atomic E-state index is -1.03. The van der Waals surface area contributed by atoms with Crippen molar-refractivity contribution in [3.8, 4) is 5.75 Å². The Morgan fingerprint density at radius 2 is 1.71 bits per heavy atom. The molecule has 0 fully saturated rings. The number of carboxylic acid groups (broad SMARTS) is 1. The molecule has 0 aliphatic rings. The number of hydrogen-bond donors (Lipinski definition) is 3. The maximum absolute atomic E-state index is 12.9. The van der Waals surface area contributed by atoms with Gasteiger partial charge in [-0.2, -0.15) is 0 Å². The van der Waals surface area contributed by atoms with E-state index in [0.29, 0.717) is 6.42 Å². The van der Waals surface area contributed by atoms with Gasteiger partial charge < -0.3 is 20.4 Å². The Morgan fingerprint density at radius 3 is 2.16 bits per heavy atom. The molecule has 2 atom stereocenters. The van der Waals surface area contributed by atoms with Crippen LogP contribution in [-0.4, -0.2) is 52.5 Å². The zero-order valence-corrected chi connectivity index (χ0v) is 19.6. The van der Waals surface area contributed by atoms with E-state index in [1.165, 1.54) is 11.8 Å². The molecule has 2 amide bonds. The molecule has 0 bridgehead atoms. The smallest absolute Gasteiger partial charge is 0.331 e. The summed E-state index contributed by atoms with van der Waals surface area (Å²) < 4.78 is 0. The van der Waals surface area contributed by atoms with Gasteiger partial charge in [0.25, 0.3) is 0 Å². The van der Waals surface area contributed by atoms with Crippen LogP contribution >= 0.6 is 0 Å². The topological polar surface area (TPSA) is 107 Å². The van der Waals surface area contributed by atoms with E-state index in [-0.39, 0.29) is 41.5 Å². The van der Waals surface area contributed by atoms with Gasteiger partial charge in [-0.1, -0.05) is 52.8 Å². The highest BCUT2D eigenvalue weighted by molar-refractivity contribution is 5.88. The summed E-state index contributed by atoms with van der Waals surface area (Å²) in [5, 5.41) is 21.4. The van der Waals surface area contributed by atoms with E-state index in [2.05, 4.69) is 5.32 Å². The Hall–Kier alpha value is -2.83. The minimum absolute atomic E-state index is 0.00997. The van der Waals surface area contributed by atoms with Crippen LogP contribution < -0.4 is 5.32 Å². The fourth-order valence-electron chi connectivity index (χ4n) is 3.77. The number of benzene rings is 1. The largest absolute Gasteiger partial charge is 0.508 e. The highest BCUT2D eigenvalue weighted by Crippen LogP contribution is 2.34. The second-order valence-electron chi connectivity index (χ2n) is 8.84. The number of nitrogens with zero attached hydrogens (tertiary/aromatic N) is 1. The first kappa shape index (κ1) is 26.2. The van der Waals surface area contributed by atoms with Crippen LogP contribution in [-0.2, 0) is 19.8 Å². The van der Waals surface area contributed by atoms with E-state index in [1.807, 2.05) is 34.6 Å². The molecule has 172 valence electrons. The number of likely N-dealkylation sites (N-methyl/N-ethyl adjacent to an activating group) is 1. The van der Waals surface area contributed by atoms with Crippen molar-refractivity contribution in [1.82, 2.24) is 10.2 Å². The van der Waals surface area contributed by atoms with E-state index in [4.69, 9.17) is 5.11 Å². The number of nitrogens with one attached hydrogen (secondary N) is 1. The van der Waals surface area contributed by atoms with Gasteiger partial charge in [0.05, 0.1) is 12.6 Å². The van der Waals surface area contributed by atoms with Gasteiger partial charge in [0, 0.05) is 24.0 Å². The van der Waals surface area contributed by atoms with Gasteiger partial charge >= 0.3 is 5.97 Å². The Kier molecular flexibility index (Phi) is 9.28. The number of phenolic OH excluding ortho intramolecular Hbond substituents is 1. The second kappa shape index (κ2) is 11.0. The third kappa shape index (κ3) is 6.84. The normalized spacial score (nSPS) is 14.1. The van der Waals surface area contributed by atoms with Gasteiger partial charge in [-0.25, -0.2) is 4.79 Å². The molecule has 0 aliphatic heterocycles. The van der Waals surface area contributed by atoms with Crippen LogP contribution in [0.15, 0.2) is 35.9 Å². The molecule has 7 heteroatoms. The molecule has 1 aromatic carbocycles. The molecule has 7 nitrogen and oxygen atoms in total. The van der Waals surface area contributed by atoms with Gasteiger partial charge in [0.2, 0.25) is 11.8 Å². The second-order valence-corrected chi connectivity index (χ2v) is 8.84. The van der Waals surface area contributed by atoms with Crippen LogP contribution in [0.3, 0.4) is 0 Å². The highest BCUT2D eigenvalue weighted by Gasteiger charge is 2.35. The van der Waals surface area contributed by atoms with Gasteiger partial charge in [-0.15, -0.1) is 0 Å². The summed E-state index contributed by atoms with van der Waals surface area (Å²) in [5.74, 6) is -1.74. The van der Waals surface area contributed by atoms with Crippen molar-refractivity contribution in [1.29, 1.82) is 0 Å². The molecule has 1 aromatic rings. The van der Waals surface area contributed by atoms with Crippen molar-refractivity contribution < 1.29 is 24.6 Å². The van der Waals surface area contributed by atoms with Crippen LogP contribution in [0.1, 0.15) is 53.5 Å². The highest BCUT2D eigenvalue weighted by atomic mass is 16.4. The van der Waals surface area contributed by atoms with Crippen molar-refractivity contribution in [2.24, 2.45) is 11.8 Å². The summed E-state index contributed by atoms with van der Waals surface area (Å²) in [6.07, 6.45) is 2.15. The molecular weight excluding hydrogens is 396 g/mol. The Balaban J connectivity index is 2.90. The summed E-state index contributed by atoms with van der Waals surface area (Å²) in [6, 6.07) is 6.40. The molecule has 3 N–H and O–H groups in total. The average molecular weight is 433 g/mol. The molecule has 0 saturated carbocycles. The summed E-state index contributed by atoms with van der Waals surface area (Å²) in [6.45, 7) is 11.0. The maximum Gasteiger partial charge on any atom is 0.331 e. The first-order chi connectivity index (χ1) is 14.3. The summed E-state index contributed by atoms with van der Waals surface area (Å²) in [5.41, 5.74) is 0.595. The molecule has 0 radical (unpaired) electrons. The molecular formula is C24H36N2O5. The molecule has 0 saturated heterocycles. The van der Waals surface area contributed by atoms with Crippen molar-refractivity contribution in [3.05, 3.63) is 41.5 Å². The van der Waals surface area contributed by atoms with Crippen molar-refractivity contribution in [3.63, 3.8) is 0 Å². The number of amides is 2. The van der Waals surface area contributed by atoms with E-state index in [9.17, 15) is 19.5 Å². The van der Waals surface area contributed by atoms with Crippen LogP contribution in [0.2, 0.25) is 0 Å². The number of phenols is 1. The lowest BCUT2D eigenvalue weighted by atomic mass is 9.71. The van der Waals surface area contributed by atoms with Gasteiger partial charge in [0.1, 0.15) is 5.75 Å². The molecule has 0 aliphatic carbocycles. The molecule has 0 heterocycles. The third-order valence-corrected chi connectivity index (χ3v) is 5.90. The molecule has 0 aromatic heterocycles. The summed E-state index contributed by atoms with van der Waals surface area (Å²) >= 11 is 0. The van der Waals surface area contributed by atoms with Crippen molar-refractivity contribution in [2.45, 2.75) is 59.4 Å². The minimum Gasteiger partial charge on any atom is -0.508 e. The predicted molar refractivity (Wildman–Crippen MR) is 121 cm³/mol. The Morgan fingerprint density at radius 1 is 1.16 bits per heavy atom. The number of aliphatic carboxylic acids is 1. The SMILES string of the molecule is CC[C@H](C(=O)NCC(=O)N(C)[C@H](/C=C(\C)C(=O)O)C(C)C)C(C)(C)c1ccc(O)cc1. The molecule has 1 rings (SSSR count). The van der Waals surface area contributed by atoms with E-state index in [1.54, 1.807) is 37.4 Å². The van der Waals surface area contributed by atoms with Crippen molar-refractivity contribution >= 4 is 17.8 Å². The lowest BCUT2D eigenvalue weighted by molar-refractivity contribution is -0.135. The number of aromatic hydroxyl groups is 1. The average Bonchev–Trinajstić information content (AvgIpc) is 2.69. The third-order valence-electron chi connectivity index (χ3n) is 5.90. The number of carboxylic acids is 1. The monoisotopic (exact) mass is 432 g/mol. The van der Waals surface area contributed by atoms with Gasteiger partial charge in [-0.3, -0.25) is 9.59 Å². The fourth-order valence-corrected chi connectivity index (χ4v) is 3.77. The number of hydrogen-bond acceptors (Lipinski definition) is 4. The first-order valence-corrected chi connectivity index (χ1v) is 10.6. The Labute approximate surface area is 185 Å². The van der Waals surface area contributed by atoms with E-state index < -0.39 is 17.4 Å². The number of rotatable bonds is 10. The fraction of sp³-hybridized carbons (Fsp3) is 0.542. The van der Waals surface area contributed by atoms with Crippen LogP contribution in [0.4, 0.5) is 0 Å². The first-order valence-electron chi connectivity index (χ1n) is 10.6. The summed E-state index contributed by atoms with van der Waals surface area (Å²) in [7, 11) is 1.61. The number of carbonyl (C=O) groups excluding carboxylic acids is 2.